The highest BCUT2D eigenvalue weighted by Gasteiger charge is 2.86. The number of nitrogens with zero attached hydrogens (tertiary/aromatic N) is 2. The van der Waals surface area contributed by atoms with E-state index in [1.807, 2.05) is 0 Å². The molecule has 2 spiro atoms. The van der Waals surface area contributed by atoms with Crippen molar-refractivity contribution in [3.8, 4) is 0 Å². The second-order valence-corrected chi connectivity index (χ2v) is 6.84. The summed E-state index contributed by atoms with van der Waals surface area (Å²) >= 11 is 0. The van der Waals surface area contributed by atoms with E-state index in [1.54, 1.807) is 0 Å². The number of aliphatic hydroxyl groups is 2. The molecule has 1 saturated heterocycles. The number of piperazine rings is 1. The summed E-state index contributed by atoms with van der Waals surface area (Å²) in [5, 5.41) is 22.3. The average Bonchev–Trinajstić information content (AvgIpc) is 3.31. The first-order valence-electron chi connectivity index (χ1n) is 7.60. The van der Waals surface area contributed by atoms with E-state index in [0.717, 1.165) is 23.6 Å². The second kappa shape index (κ2) is 4.25. The van der Waals surface area contributed by atoms with E-state index in [9.17, 15) is 29.4 Å². The lowest BCUT2D eigenvalue weighted by atomic mass is 9.80. The van der Waals surface area contributed by atoms with Crippen LogP contribution in [0.1, 0.15) is 39.5 Å². The Hall–Kier alpha value is -2.20. The van der Waals surface area contributed by atoms with Crippen molar-refractivity contribution in [3.63, 3.8) is 0 Å². The maximum Gasteiger partial charge on any atom is 0.273 e. The van der Waals surface area contributed by atoms with E-state index in [4.69, 9.17) is 11.5 Å². The number of hydrogen-bond donors (Lipinski definition) is 4. The molecule has 1 aliphatic heterocycles. The Kier molecular flexibility index (Phi) is 2.95. The zero-order chi connectivity index (χ0) is 18.3. The number of carbonyl (C=O) groups is 4. The third-order valence-electron chi connectivity index (χ3n) is 5.57. The molecule has 10 heteroatoms. The van der Waals surface area contributed by atoms with E-state index in [-0.39, 0.29) is 25.7 Å². The van der Waals surface area contributed by atoms with Crippen LogP contribution in [0.15, 0.2) is 0 Å². The van der Waals surface area contributed by atoms with Gasteiger partial charge < -0.3 is 21.7 Å². The molecule has 2 aliphatic carbocycles. The van der Waals surface area contributed by atoms with Crippen LogP contribution in [0.3, 0.4) is 0 Å². The molecule has 2 saturated carbocycles. The Bertz CT molecular complexity index is 627. The predicted octanol–water partition coefficient (Wildman–Crippen LogP) is -2.89. The minimum absolute atomic E-state index is 0.0848. The average molecular weight is 340 g/mol. The molecule has 6 N–H and O–H groups in total. The van der Waals surface area contributed by atoms with Crippen LogP contribution < -0.4 is 11.5 Å². The highest BCUT2D eigenvalue weighted by Crippen LogP contribution is 2.66. The fourth-order valence-corrected chi connectivity index (χ4v) is 4.47. The molecule has 0 radical (unpaired) electrons. The number of primary amides is 2. The predicted molar refractivity (Wildman–Crippen MR) is 77.3 cm³/mol. The zero-order valence-corrected chi connectivity index (χ0v) is 13.4. The highest BCUT2D eigenvalue weighted by molar-refractivity contribution is 5.98. The number of carbonyl (C=O) groups excluding carboxylic acids is 4. The smallest absolute Gasteiger partial charge is 0.273 e. The molecular weight excluding hydrogens is 320 g/mol. The summed E-state index contributed by atoms with van der Waals surface area (Å²) in [6.45, 7) is 2.18. The summed E-state index contributed by atoms with van der Waals surface area (Å²) in [5.74, 6) is -3.94. The Morgan fingerprint density at radius 3 is 1.12 bits per heavy atom. The Balaban J connectivity index is 2.36. The first-order chi connectivity index (χ1) is 10.9. The van der Waals surface area contributed by atoms with Crippen LogP contribution >= 0.6 is 0 Å². The number of nitrogens with two attached hydrogens (primary N) is 2. The lowest BCUT2D eigenvalue weighted by Gasteiger charge is -2.62. The molecule has 0 aromatic heterocycles. The number of rotatable bonds is 2. The zero-order valence-electron chi connectivity index (χ0n) is 13.4. The highest BCUT2D eigenvalue weighted by atomic mass is 16.4. The van der Waals surface area contributed by atoms with Crippen molar-refractivity contribution >= 4 is 23.6 Å². The Labute approximate surface area is 137 Å². The first-order valence-corrected chi connectivity index (χ1v) is 7.60. The maximum atomic E-state index is 12.3. The molecule has 0 aromatic carbocycles. The molecule has 0 bridgehead atoms. The molecule has 24 heavy (non-hydrogen) atoms. The first kappa shape index (κ1) is 16.7. The summed E-state index contributed by atoms with van der Waals surface area (Å²) in [6.07, 6.45) is 0.339. The normalized spacial score (nSPS) is 35.0. The second-order valence-electron chi connectivity index (χ2n) is 6.84. The summed E-state index contributed by atoms with van der Waals surface area (Å²) in [4.78, 5) is 50.4. The van der Waals surface area contributed by atoms with Gasteiger partial charge in [-0.1, -0.05) is 0 Å². The van der Waals surface area contributed by atoms with Crippen molar-refractivity contribution in [1.82, 2.24) is 9.80 Å². The third-order valence-corrected chi connectivity index (χ3v) is 5.57. The van der Waals surface area contributed by atoms with Gasteiger partial charge in [0.15, 0.2) is 0 Å². The van der Waals surface area contributed by atoms with E-state index < -0.39 is 46.2 Å². The van der Waals surface area contributed by atoms with Gasteiger partial charge in [-0.15, -0.1) is 0 Å². The fourth-order valence-electron chi connectivity index (χ4n) is 4.47. The summed E-state index contributed by atoms with van der Waals surface area (Å²) < 4.78 is 0. The third kappa shape index (κ3) is 1.44. The topological polar surface area (TPSA) is 167 Å². The van der Waals surface area contributed by atoms with Crippen LogP contribution in [0.25, 0.3) is 0 Å². The molecule has 4 amide bonds. The van der Waals surface area contributed by atoms with Gasteiger partial charge in [0.1, 0.15) is 11.1 Å². The van der Waals surface area contributed by atoms with Crippen LogP contribution in [0, 0.1) is 0 Å². The monoisotopic (exact) mass is 340 g/mol. The molecule has 10 nitrogen and oxygen atoms in total. The molecule has 1 heterocycles. The van der Waals surface area contributed by atoms with Crippen LogP contribution in [0.4, 0.5) is 0 Å². The van der Waals surface area contributed by atoms with Crippen LogP contribution in [-0.4, -0.2) is 66.2 Å². The van der Waals surface area contributed by atoms with Crippen LogP contribution in [0.2, 0.25) is 0 Å². The van der Waals surface area contributed by atoms with Gasteiger partial charge >= 0.3 is 0 Å². The van der Waals surface area contributed by atoms with E-state index >= 15 is 0 Å². The van der Waals surface area contributed by atoms with Gasteiger partial charge in [-0.2, -0.15) is 0 Å². The molecule has 3 fully saturated rings. The molecular formula is C14H20N4O6. The number of amides is 4. The molecule has 0 aromatic rings. The lowest BCUT2D eigenvalue weighted by molar-refractivity contribution is -0.284. The van der Waals surface area contributed by atoms with Gasteiger partial charge in [-0.25, -0.2) is 0 Å². The van der Waals surface area contributed by atoms with Crippen molar-refractivity contribution < 1.29 is 29.4 Å². The molecule has 0 unspecified atom stereocenters. The summed E-state index contributed by atoms with van der Waals surface area (Å²) in [7, 11) is 0. The van der Waals surface area contributed by atoms with Crippen molar-refractivity contribution in [1.29, 1.82) is 0 Å². The molecule has 2 atom stereocenters. The van der Waals surface area contributed by atoms with Crippen LogP contribution in [0.5, 0.6) is 0 Å². The maximum absolute atomic E-state index is 12.3. The van der Waals surface area contributed by atoms with Crippen molar-refractivity contribution in [2.45, 2.75) is 62.1 Å². The van der Waals surface area contributed by atoms with Crippen molar-refractivity contribution in [3.05, 3.63) is 0 Å². The minimum Gasteiger partial charge on any atom is -0.365 e. The number of hydrogen-bond acceptors (Lipinski definition) is 6. The van der Waals surface area contributed by atoms with E-state index in [0.29, 0.717) is 0 Å². The van der Waals surface area contributed by atoms with Gasteiger partial charge in [-0.05, 0) is 25.7 Å². The van der Waals surface area contributed by atoms with Gasteiger partial charge in [0.05, 0.1) is 0 Å². The summed E-state index contributed by atoms with van der Waals surface area (Å²) in [5.41, 5.74) is 2.41. The SMILES string of the molecule is CC(=O)N1C2(CC2)[C@](O)(C(N)=O)N(C(C)=O)C2(CC2)[C@]1(O)C(N)=O. The van der Waals surface area contributed by atoms with Gasteiger partial charge in [0.2, 0.25) is 23.3 Å². The standard InChI is InChI=1S/C14H20N4O6/c1-7(19)17-11(3-4-11)14(24,10(16)22)18(8(2)20)12(5-6-12)13(17,23)9(15)21/h23-24H,3-6H2,1-2H3,(H2,15,21)(H2,16,22)/t13-,14-/m1/s1. The van der Waals surface area contributed by atoms with Crippen LogP contribution in [-0.2, 0) is 19.2 Å². The largest absolute Gasteiger partial charge is 0.365 e. The van der Waals surface area contributed by atoms with Crippen molar-refractivity contribution in [2.24, 2.45) is 11.5 Å². The van der Waals surface area contributed by atoms with Crippen molar-refractivity contribution in [2.75, 3.05) is 0 Å². The van der Waals surface area contributed by atoms with Gasteiger partial charge in [0.25, 0.3) is 11.8 Å². The minimum atomic E-state index is -2.53. The Morgan fingerprint density at radius 2 is 1.00 bits per heavy atom. The Morgan fingerprint density at radius 1 is 0.750 bits per heavy atom. The molecule has 132 valence electrons. The molecule has 3 aliphatic rings. The molecule has 3 rings (SSSR count). The van der Waals surface area contributed by atoms with E-state index in [2.05, 4.69) is 0 Å². The van der Waals surface area contributed by atoms with E-state index in [1.165, 1.54) is 0 Å². The van der Waals surface area contributed by atoms with Gasteiger partial charge in [0, 0.05) is 13.8 Å². The quantitative estimate of drug-likeness (QED) is 0.421. The fraction of sp³-hybridized carbons (Fsp3) is 0.714. The van der Waals surface area contributed by atoms with Gasteiger partial charge in [-0.3, -0.25) is 29.0 Å². The summed E-state index contributed by atoms with van der Waals surface area (Å²) in [6, 6.07) is 0. The lowest BCUT2D eigenvalue weighted by Crippen LogP contribution is -2.88.